The third-order valence-electron chi connectivity index (χ3n) is 2.79. The molecule has 20 heavy (non-hydrogen) atoms. The zero-order chi connectivity index (χ0) is 15.3. The van der Waals surface area contributed by atoms with Gasteiger partial charge in [-0.05, 0) is 39.3 Å². The van der Waals surface area contributed by atoms with Crippen molar-refractivity contribution in [2.75, 3.05) is 6.61 Å². The van der Waals surface area contributed by atoms with E-state index in [2.05, 4.69) is 11.4 Å². The van der Waals surface area contributed by atoms with E-state index in [0.717, 1.165) is 5.56 Å². The van der Waals surface area contributed by atoms with Gasteiger partial charge in [-0.15, -0.1) is 0 Å². The highest BCUT2D eigenvalue weighted by molar-refractivity contribution is 5.49. The predicted octanol–water partition coefficient (Wildman–Crippen LogP) is 2.48. The maximum Gasteiger partial charge on any atom is 0.276 e. The Balaban J connectivity index is 2.85. The normalized spacial score (nSPS) is 12.0. The molecule has 0 aliphatic carbocycles. The SMILES string of the molecule is Cc1cc(C)c([N+](=O)[O-])cc1OCC(C#N)NC(C)C. The highest BCUT2D eigenvalue weighted by atomic mass is 16.6. The standard InChI is InChI=1S/C14H19N3O3/c1-9(2)16-12(7-15)8-20-14-6-13(17(18)19)10(3)5-11(14)4/h5-6,9,12,16H,8H2,1-4H3. The number of nitro benzene ring substituents is 1. The second kappa shape index (κ2) is 6.87. The van der Waals surface area contributed by atoms with E-state index in [0.29, 0.717) is 11.3 Å². The number of nitro groups is 1. The summed E-state index contributed by atoms with van der Waals surface area (Å²) in [6.07, 6.45) is 0. The molecular weight excluding hydrogens is 258 g/mol. The Hall–Kier alpha value is -2.13. The molecule has 0 radical (unpaired) electrons. The van der Waals surface area contributed by atoms with Crippen LogP contribution in [0.15, 0.2) is 12.1 Å². The molecule has 108 valence electrons. The minimum Gasteiger partial charge on any atom is -0.490 e. The first-order valence-corrected chi connectivity index (χ1v) is 6.39. The minimum absolute atomic E-state index is 0.0240. The fourth-order valence-electron chi connectivity index (χ4n) is 1.87. The summed E-state index contributed by atoms with van der Waals surface area (Å²) in [5, 5.41) is 23.0. The van der Waals surface area contributed by atoms with E-state index in [1.165, 1.54) is 6.07 Å². The molecule has 1 N–H and O–H groups in total. The van der Waals surface area contributed by atoms with Gasteiger partial charge in [-0.25, -0.2) is 0 Å². The van der Waals surface area contributed by atoms with Crippen molar-refractivity contribution in [3.05, 3.63) is 33.4 Å². The Kier molecular flexibility index (Phi) is 5.47. The summed E-state index contributed by atoms with van der Waals surface area (Å²) >= 11 is 0. The number of hydrogen-bond donors (Lipinski definition) is 1. The zero-order valence-electron chi connectivity index (χ0n) is 12.1. The van der Waals surface area contributed by atoms with Gasteiger partial charge >= 0.3 is 0 Å². The average molecular weight is 277 g/mol. The molecule has 0 amide bonds. The summed E-state index contributed by atoms with van der Waals surface area (Å²) in [4.78, 5) is 10.5. The molecule has 0 aromatic heterocycles. The van der Waals surface area contributed by atoms with Crippen molar-refractivity contribution in [3.63, 3.8) is 0 Å². The van der Waals surface area contributed by atoms with Crippen LogP contribution in [-0.2, 0) is 0 Å². The van der Waals surface area contributed by atoms with E-state index >= 15 is 0 Å². The van der Waals surface area contributed by atoms with E-state index in [1.54, 1.807) is 13.0 Å². The van der Waals surface area contributed by atoms with Crippen molar-refractivity contribution in [2.24, 2.45) is 0 Å². The molecule has 0 aliphatic rings. The smallest absolute Gasteiger partial charge is 0.276 e. The van der Waals surface area contributed by atoms with E-state index < -0.39 is 11.0 Å². The van der Waals surface area contributed by atoms with E-state index in [-0.39, 0.29) is 18.3 Å². The van der Waals surface area contributed by atoms with E-state index in [9.17, 15) is 10.1 Å². The molecule has 6 nitrogen and oxygen atoms in total. The molecule has 0 spiro atoms. The minimum atomic E-state index is -0.449. The van der Waals surface area contributed by atoms with Crippen LogP contribution in [0.25, 0.3) is 0 Å². The summed E-state index contributed by atoms with van der Waals surface area (Å²) in [6.45, 7) is 7.53. The molecular formula is C14H19N3O3. The number of nitriles is 1. The Labute approximate surface area is 118 Å². The van der Waals surface area contributed by atoms with Crippen LogP contribution >= 0.6 is 0 Å². The molecule has 1 aromatic carbocycles. The third kappa shape index (κ3) is 4.21. The fraction of sp³-hybridized carbons (Fsp3) is 0.500. The highest BCUT2D eigenvalue weighted by Gasteiger charge is 2.16. The summed E-state index contributed by atoms with van der Waals surface area (Å²) in [6, 6.07) is 4.94. The van der Waals surface area contributed by atoms with Crippen LogP contribution in [0.5, 0.6) is 5.75 Å². The highest BCUT2D eigenvalue weighted by Crippen LogP contribution is 2.28. The van der Waals surface area contributed by atoms with Gasteiger partial charge in [0.25, 0.3) is 5.69 Å². The largest absolute Gasteiger partial charge is 0.490 e. The molecule has 0 saturated heterocycles. The molecule has 1 unspecified atom stereocenters. The molecule has 0 bridgehead atoms. The van der Waals surface area contributed by atoms with Gasteiger partial charge in [-0.1, -0.05) is 0 Å². The molecule has 6 heteroatoms. The van der Waals surface area contributed by atoms with Gasteiger partial charge in [-0.2, -0.15) is 5.26 Å². The van der Waals surface area contributed by atoms with Crippen LogP contribution < -0.4 is 10.1 Å². The van der Waals surface area contributed by atoms with Crippen LogP contribution in [0.1, 0.15) is 25.0 Å². The van der Waals surface area contributed by atoms with Crippen molar-refractivity contribution >= 4 is 5.69 Å². The number of hydrogen-bond acceptors (Lipinski definition) is 5. The molecule has 1 atom stereocenters. The number of nitrogens with one attached hydrogen (secondary N) is 1. The van der Waals surface area contributed by atoms with Crippen LogP contribution in [0.3, 0.4) is 0 Å². The van der Waals surface area contributed by atoms with Crippen LogP contribution in [0.2, 0.25) is 0 Å². The van der Waals surface area contributed by atoms with Gasteiger partial charge in [0.1, 0.15) is 18.4 Å². The van der Waals surface area contributed by atoms with Crippen molar-refractivity contribution in [2.45, 2.75) is 39.8 Å². The van der Waals surface area contributed by atoms with Crippen molar-refractivity contribution in [1.82, 2.24) is 5.32 Å². The Morgan fingerprint density at radius 1 is 1.40 bits per heavy atom. The molecule has 1 aromatic rings. The Morgan fingerprint density at radius 2 is 2.05 bits per heavy atom. The summed E-state index contributed by atoms with van der Waals surface area (Å²) in [7, 11) is 0. The molecule has 1 rings (SSSR count). The first kappa shape index (κ1) is 15.9. The lowest BCUT2D eigenvalue weighted by Crippen LogP contribution is -2.38. The number of rotatable bonds is 6. The monoisotopic (exact) mass is 277 g/mol. The lowest BCUT2D eigenvalue weighted by molar-refractivity contribution is -0.385. The lowest BCUT2D eigenvalue weighted by atomic mass is 10.1. The number of nitrogens with zero attached hydrogens (tertiary/aromatic N) is 2. The van der Waals surface area contributed by atoms with Crippen molar-refractivity contribution in [3.8, 4) is 11.8 Å². The third-order valence-corrected chi connectivity index (χ3v) is 2.79. The summed E-state index contributed by atoms with van der Waals surface area (Å²) in [5.41, 5.74) is 1.43. The van der Waals surface area contributed by atoms with Gasteiger partial charge in [0.05, 0.1) is 17.1 Å². The van der Waals surface area contributed by atoms with Crippen molar-refractivity contribution in [1.29, 1.82) is 5.26 Å². The Bertz CT molecular complexity index is 535. The van der Waals surface area contributed by atoms with Gasteiger partial charge in [0, 0.05) is 11.6 Å². The zero-order valence-corrected chi connectivity index (χ0v) is 12.1. The molecule has 0 aliphatic heterocycles. The van der Waals surface area contributed by atoms with Crippen molar-refractivity contribution < 1.29 is 9.66 Å². The van der Waals surface area contributed by atoms with E-state index in [1.807, 2.05) is 20.8 Å². The first-order valence-electron chi connectivity index (χ1n) is 6.39. The van der Waals surface area contributed by atoms with Gasteiger partial charge in [-0.3, -0.25) is 15.4 Å². The van der Waals surface area contributed by atoms with Crippen LogP contribution in [0, 0.1) is 35.3 Å². The average Bonchev–Trinajstić information content (AvgIpc) is 2.35. The van der Waals surface area contributed by atoms with Gasteiger partial charge in [0.15, 0.2) is 0 Å². The number of benzene rings is 1. The second-order valence-corrected chi connectivity index (χ2v) is 4.98. The maximum atomic E-state index is 10.9. The lowest BCUT2D eigenvalue weighted by Gasteiger charge is -2.16. The summed E-state index contributed by atoms with van der Waals surface area (Å²) < 4.78 is 5.55. The summed E-state index contributed by atoms with van der Waals surface area (Å²) in [5.74, 6) is 0.438. The quantitative estimate of drug-likeness (QED) is 0.637. The van der Waals surface area contributed by atoms with Gasteiger partial charge < -0.3 is 4.74 Å². The predicted molar refractivity (Wildman–Crippen MR) is 75.7 cm³/mol. The molecule has 0 saturated carbocycles. The fourth-order valence-corrected chi connectivity index (χ4v) is 1.87. The number of aryl methyl sites for hydroxylation is 2. The van der Waals surface area contributed by atoms with Crippen LogP contribution in [-0.4, -0.2) is 23.6 Å². The van der Waals surface area contributed by atoms with Gasteiger partial charge in [0.2, 0.25) is 0 Å². The molecule has 0 heterocycles. The first-order chi connectivity index (χ1) is 9.35. The molecule has 0 fully saturated rings. The second-order valence-electron chi connectivity index (χ2n) is 4.98. The number of ether oxygens (including phenoxy) is 1. The Morgan fingerprint density at radius 3 is 2.55 bits per heavy atom. The maximum absolute atomic E-state index is 10.9. The topological polar surface area (TPSA) is 88.2 Å². The van der Waals surface area contributed by atoms with E-state index in [4.69, 9.17) is 10.00 Å². The van der Waals surface area contributed by atoms with Crippen LogP contribution in [0.4, 0.5) is 5.69 Å².